The van der Waals surface area contributed by atoms with Crippen molar-refractivity contribution in [3.63, 3.8) is 0 Å². The lowest BCUT2D eigenvalue weighted by atomic mass is 10.1. The number of amides is 1. The van der Waals surface area contributed by atoms with Crippen molar-refractivity contribution in [2.24, 2.45) is 0 Å². The zero-order chi connectivity index (χ0) is 23.3. The number of halogens is 3. The van der Waals surface area contributed by atoms with Gasteiger partial charge in [0.25, 0.3) is 5.91 Å². The number of rotatable bonds is 8. The van der Waals surface area contributed by atoms with Crippen LogP contribution in [0.1, 0.15) is 28.7 Å². The average molecular weight is 535 g/mol. The number of carbonyl (C=O) groups is 1. The molecule has 0 aliphatic heterocycles. The lowest BCUT2D eigenvalue weighted by Gasteiger charge is -2.08. The largest absolute Gasteiger partial charge is 0.496 e. The van der Waals surface area contributed by atoms with Crippen LogP contribution in [0.15, 0.2) is 69.7 Å². The second-order valence-corrected chi connectivity index (χ2v) is 8.64. The molecule has 1 aromatic heterocycles. The molecule has 32 heavy (non-hydrogen) atoms. The number of ether oxygens (including phenoxy) is 1. The minimum Gasteiger partial charge on any atom is -0.496 e. The fourth-order valence-electron chi connectivity index (χ4n) is 3.16. The summed E-state index contributed by atoms with van der Waals surface area (Å²) in [5, 5.41) is 3.65. The second kappa shape index (κ2) is 10.9. The van der Waals surface area contributed by atoms with Crippen LogP contribution < -0.4 is 10.1 Å². The van der Waals surface area contributed by atoms with Gasteiger partial charge in [0.2, 0.25) is 0 Å². The van der Waals surface area contributed by atoms with Crippen molar-refractivity contribution in [1.82, 2.24) is 15.3 Å². The summed E-state index contributed by atoms with van der Waals surface area (Å²) in [7, 11) is 1.62. The van der Waals surface area contributed by atoms with Gasteiger partial charge in [-0.3, -0.25) is 4.79 Å². The number of nitrogens with zero attached hydrogens (tertiary/aromatic N) is 1. The summed E-state index contributed by atoms with van der Waals surface area (Å²) < 4.78 is 6.12. The number of aromatic nitrogens is 2. The Kier molecular flexibility index (Phi) is 8.18. The lowest BCUT2D eigenvalue weighted by Crippen LogP contribution is -2.25. The van der Waals surface area contributed by atoms with Gasteiger partial charge in [-0.05, 0) is 71.2 Å². The molecular formula is C24H22BrCl2N3O2. The van der Waals surface area contributed by atoms with Gasteiger partial charge in [0, 0.05) is 17.1 Å². The van der Waals surface area contributed by atoms with Gasteiger partial charge in [0.15, 0.2) is 0 Å². The van der Waals surface area contributed by atoms with Gasteiger partial charge in [-0.1, -0.05) is 41.9 Å². The first kappa shape index (κ1) is 24.1. The fraction of sp³-hybridized carbons (Fsp3) is 0.167. The Bertz CT molecular complexity index is 1230. The van der Waals surface area contributed by atoms with E-state index in [1.165, 1.54) is 0 Å². The number of benzene rings is 2. The predicted octanol–water partition coefficient (Wildman–Crippen LogP) is 6.59. The Balaban J connectivity index is 1.74. The molecule has 1 amide bonds. The normalized spacial score (nSPS) is 12.2. The summed E-state index contributed by atoms with van der Waals surface area (Å²) >= 11 is 16.0. The van der Waals surface area contributed by atoms with E-state index in [0.717, 1.165) is 15.8 Å². The van der Waals surface area contributed by atoms with Crippen LogP contribution in [0.4, 0.5) is 0 Å². The molecule has 166 valence electrons. The van der Waals surface area contributed by atoms with E-state index in [4.69, 9.17) is 27.9 Å². The molecule has 8 heteroatoms. The molecule has 3 rings (SSSR count). The van der Waals surface area contributed by atoms with Crippen LogP contribution in [-0.4, -0.2) is 29.5 Å². The van der Waals surface area contributed by atoms with Crippen molar-refractivity contribution in [1.29, 1.82) is 0 Å². The van der Waals surface area contributed by atoms with Crippen LogP contribution in [-0.2, 0) is 6.42 Å². The van der Waals surface area contributed by atoms with E-state index in [9.17, 15) is 4.79 Å². The Morgan fingerprint density at radius 1 is 1.28 bits per heavy atom. The molecule has 3 aromatic rings. The van der Waals surface area contributed by atoms with Crippen LogP contribution in [0.25, 0.3) is 16.6 Å². The summed E-state index contributed by atoms with van der Waals surface area (Å²) in [5.74, 6) is 1.10. The topological polar surface area (TPSA) is 67.0 Å². The fourth-order valence-corrected chi connectivity index (χ4v) is 4.32. The van der Waals surface area contributed by atoms with Gasteiger partial charge in [0.05, 0.1) is 33.2 Å². The predicted molar refractivity (Wildman–Crippen MR) is 135 cm³/mol. The lowest BCUT2D eigenvalue weighted by molar-refractivity contribution is 0.0954. The molecule has 0 saturated heterocycles. The zero-order valence-electron chi connectivity index (χ0n) is 17.6. The van der Waals surface area contributed by atoms with Crippen molar-refractivity contribution >= 4 is 61.6 Å². The highest BCUT2D eigenvalue weighted by atomic mass is 79.9. The maximum absolute atomic E-state index is 12.6. The molecule has 0 saturated carbocycles. The van der Waals surface area contributed by atoms with Gasteiger partial charge in [-0.25, -0.2) is 4.98 Å². The number of methoxy groups -OCH3 is 1. The van der Waals surface area contributed by atoms with E-state index < -0.39 is 0 Å². The molecule has 1 heterocycles. The second-order valence-electron chi connectivity index (χ2n) is 6.92. The zero-order valence-corrected chi connectivity index (χ0v) is 20.7. The number of H-pyrrole nitrogens is 1. The molecule has 0 aliphatic carbocycles. The number of imidazole rings is 1. The van der Waals surface area contributed by atoms with E-state index in [0.29, 0.717) is 46.0 Å². The minimum atomic E-state index is -0.167. The van der Waals surface area contributed by atoms with E-state index >= 15 is 0 Å². The Hall–Kier alpha value is -2.54. The molecule has 5 nitrogen and oxygen atoms in total. The maximum atomic E-state index is 12.6. The van der Waals surface area contributed by atoms with Crippen LogP contribution in [0.2, 0.25) is 0 Å². The summed E-state index contributed by atoms with van der Waals surface area (Å²) in [6.45, 7) is 6.14. The van der Waals surface area contributed by atoms with Crippen molar-refractivity contribution in [3.8, 4) is 5.75 Å². The third kappa shape index (κ3) is 5.63. The quantitative estimate of drug-likeness (QED) is 0.320. The van der Waals surface area contributed by atoms with Gasteiger partial charge in [0.1, 0.15) is 11.6 Å². The molecule has 0 atom stereocenters. The minimum absolute atomic E-state index is 0.167. The van der Waals surface area contributed by atoms with Crippen molar-refractivity contribution in [2.45, 2.75) is 13.3 Å². The highest BCUT2D eigenvalue weighted by molar-refractivity contribution is 9.10. The number of hydrogen-bond donors (Lipinski definition) is 2. The Morgan fingerprint density at radius 3 is 2.72 bits per heavy atom. The summed E-state index contributed by atoms with van der Waals surface area (Å²) in [5.41, 5.74) is 3.52. The number of carbonyl (C=O) groups excluding carboxylic acids is 1. The van der Waals surface area contributed by atoms with Crippen LogP contribution in [0, 0.1) is 0 Å². The first-order chi connectivity index (χ1) is 15.3. The third-order valence-electron chi connectivity index (χ3n) is 4.72. The smallest absolute Gasteiger partial charge is 0.251 e. The van der Waals surface area contributed by atoms with Crippen LogP contribution in [0.3, 0.4) is 0 Å². The third-order valence-corrected chi connectivity index (χ3v) is 5.84. The van der Waals surface area contributed by atoms with E-state index in [2.05, 4.69) is 37.8 Å². The molecule has 0 spiro atoms. The van der Waals surface area contributed by atoms with Gasteiger partial charge in [-0.15, -0.1) is 0 Å². The number of fused-ring (bicyclic) bond motifs is 1. The Morgan fingerprint density at radius 2 is 2.06 bits per heavy atom. The monoisotopic (exact) mass is 533 g/mol. The first-order valence-electron chi connectivity index (χ1n) is 9.82. The summed E-state index contributed by atoms with van der Waals surface area (Å²) in [6, 6.07) is 11.1. The highest BCUT2D eigenvalue weighted by Gasteiger charge is 2.15. The molecule has 0 bridgehead atoms. The molecule has 0 radical (unpaired) electrons. The van der Waals surface area contributed by atoms with Crippen molar-refractivity contribution < 1.29 is 9.53 Å². The Labute approximate surface area is 205 Å². The number of hydrogen-bond acceptors (Lipinski definition) is 3. The maximum Gasteiger partial charge on any atom is 0.251 e. The molecule has 2 aromatic carbocycles. The van der Waals surface area contributed by atoms with E-state index in [1.807, 2.05) is 25.1 Å². The average Bonchev–Trinajstić information content (AvgIpc) is 3.16. The molecule has 0 aliphatic rings. The molecular weight excluding hydrogens is 513 g/mol. The van der Waals surface area contributed by atoms with Crippen LogP contribution in [0.5, 0.6) is 5.75 Å². The number of allylic oxidation sites excluding steroid dienone is 5. The first-order valence-corrected chi connectivity index (χ1v) is 11.4. The van der Waals surface area contributed by atoms with E-state index in [1.54, 1.807) is 37.5 Å². The van der Waals surface area contributed by atoms with Gasteiger partial charge in [-0.2, -0.15) is 0 Å². The van der Waals surface area contributed by atoms with Crippen LogP contribution >= 0.6 is 39.1 Å². The standard InChI is InChI=1S/C24H22BrCl2N3O2/c1-4-5-18(27)22(14(2)26)23-29-19-8-7-16(13-20(19)30-23)24(31)28-11-10-15-6-9-21(32-3)17(25)12-15/h4-9,12-13H,2,10-11H2,1,3H3,(H,28,31)(H,29,30)/b5-4-,22-18-. The van der Waals surface area contributed by atoms with Gasteiger partial charge >= 0.3 is 0 Å². The van der Waals surface area contributed by atoms with E-state index in [-0.39, 0.29) is 10.9 Å². The number of aromatic amines is 1. The number of nitrogens with one attached hydrogen (secondary N) is 2. The SMILES string of the molecule is C=C(Cl)/C(=C(Cl)\C=C/C)c1nc2ccc(C(=O)NCCc3ccc(OC)c(Br)c3)cc2[nH]1. The molecule has 0 unspecified atom stereocenters. The van der Waals surface area contributed by atoms with Gasteiger partial charge < -0.3 is 15.0 Å². The van der Waals surface area contributed by atoms with Crippen molar-refractivity contribution in [3.05, 3.63) is 86.6 Å². The van der Waals surface area contributed by atoms with Crippen molar-refractivity contribution in [2.75, 3.05) is 13.7 Å². The molecule has 2 N–H and O–H groups in total. The highest BCUT2D eigenvalue weighted by Crippen LogP contribution is 2.30. The summed E-state index contributed by atoms with van der Waals surface area (Å²) in [4.78, 5) is 20.4. The summed E-state index contributed by atoms with van der Waals surface area (Å²) in [6.07, 6.45) is 4.22. The molecule has 0 fully saturated rings.